The van der Waals surface area contributed by atoms with Crippen molar-refractivity contribution in [1.29, 1.82) is 0 Å². The summed E-state index contributed by atoms with van der Waals surface area (Å²) in [6.45, 7) is 5.33. The molecule has 0 radical (unpaired) electrons. The number of ketones is 2. The van der Waals surface area contributed by atoms with E-state index in [0.717, 1.165) is 26.1 Å². The molecular formula is C21H22N2O4. The van der Waals surface area contributed by atoms with E-state index in [-0.39, 0.29) is 34.4 Å². The van der Waals surface area contributed by atoms with Gasteiger partial charge in [-0.2, -0.15) is 0 Å². The predicted octanol–water partition coefficient (Wildman–Crippen LogP) is 2.58. The Kier molecular flexibility index (Phi) is 4.66. The smallest absolute Gasteiger partial charge is 0.255 e. The molecule has 6 nitrogen and oxygen atoms in total. The van der Waals surface area contributed by atoms with Crippen LogP contribution < -0.4 is 5.32 Å². The first-order valence-electron chi connectivity index (χ1n) is 9.40. The Bertz CT molecular complexity index is 922. The highest BCUT2D eigenvalue weighted by Gasteiger charge is 2.38. The van der Waals surface area contributed by atoms with E-state index in [4.69, 9.17) is 4.42 Å². The average Bonchev–Trinajstić information content (AvgIpc) is 3.31. The zero-order valence-electron chi connectivity index (χ0n) is 15.3. The number of furan rings is 1. The molecule has 0 bridgehead atoms. The Labute approximate surface area is 157 Å². The van der Waals surface area contributed by atoms with Gasteiger partial charge in [0.25, 0.3) is 5.91 Å². The molecule has 0 unspecified atom stereocenters. The van der Waals surface area contributed by atoms with Crippen molar-refractivity contribution in [1.82, 2.24) is 10.2 Å². The number of hydrogen-bond donors (Lipinski definition) is 1. The van der Waals surface area contributed by atoms with E-state index in [1.807, 2.05) is 0 Å². The van der Waals surface area contributed by atoms with Crippen LogP contribution >= 0.6 is 0 Å². The van der Waals surface area contributed by atoms with Crippen LogP contribution in [0.4, 0.5) is 0 Å². The van der Waals surface area contributed by atoms with Crippen LogP contribution in [0, 0.1) is 6.92 Å². The van der Waals surface area contributed by atoms with Crippen LogP contribution in [0.1, 0.15) is 67.4 Å². The molecule has 140 valence electrons. The summed E-state index contributed by atoms with van der Waals surface area (Å²) in [6, 6.07) is 6.63. The topological polar surface area (TPSA) is 79.6 Å². The molecule has 2 aliphatic rings. The molecule has 4 rings (SSSR count). The van der Waals surface area contributed by atoms with Crippen LogP contribution in [0.25, 0.3) is 0 Å². The molecule has 1 saturated heterocycles. The normalized spacial score (nSPS) is 16.3. The maximum absolute atomic E-state index is 12.9. The molecule has 1 fully saturated rings. The number of nitrogens with one attached hydrogen (secondary N) is 1. The van der Waals surface area contributed by atoms with Crippen LogP contribution in [0.5, 0.6) is 0 Å². The lowest BCUT2D eigenvalue weighted by Crippen LogP contribution is -2.30. The van der Waals surface area contributed by atoms with Gasteiger partial charge in [-0.15, -0.1) is 0 Å². The lowest BCUT2D eigenvalue weighted by Gasteiger charge is -2.15. The van der Waals surface area contributed by atoms with Crippen LogP contribution in [0.15, 0.2) is 28.7 Å². The SMILES string of the molecule is Cc1oc2c(c1C(=O)NCCCN1CCCC1)C(=O)c1ccccc1C2=O. The van der Waals surface area contributed by atoms with Crippen molar-refractivity contribution in [2.45, 2.75) is 26.2 Å². The molecule has 0 atom stereocenters. The molecule has 27 heavy (non-hydrogen) atoms. The van der Waals surface area contributed by atoms with Crippen LogP contribution in [0.3, 0.4) is 0 Å². The molecule has 1 N–H and O–H groups in total. The van der Waals surface area contributed by atoms with Crippen LogP contribution in [-0.2, 0) is 0 Å². The van der Waals surface area contributed by atoms with Gasteiger partial charge in [0, 0.05) is 17.7 Å². The molecule has 1 aliphatic heterocycles. The van der Waals surface area contributed by atoms with Crippen molar-refractivity contribution in [3.63, 3.8) is 0 Å². The van der Waals surface area contributed by atoms with Gasteiger partial charge in [-0.1, -0.05) is 24.3 Å². The quantitative estimate of drug-likeness (QED) is 0.702. The molecule has 1 aromatic heterocycles. The number of hydrogen-bond acceptors (Lipinski definition) is 5. The van der Waals surface area contributed by atoms with Gasteiger partial charge in [-0.05, 0) is 45.8 Å². The Morgan fingerprint density at radius 3 is 2.48 bits per heavy atom. The summed E-state index contributed by atoms with van der Waals surface area (Å²) in [7, 11) is 0. The first kappa shape index (κ1) is 17.7. The number of aryl methyl sites for hydroxylation is 1. The summed E-state index contributed by atoms with van der Waals surface area (Å²) in [6.07, 6.45) is 3.33. The number of rotatable bonds is 5. The minimum Gasteiger partial charge on any atom is -0.456 e. The first-order chi connectivity index (χ1) is 13.1. The molecule has 1 aliphatic carbocycles. The number of nitrogens with zero attached hydrogens (tertiary/aromatic N) is 1. The summed E-state index contributed by atoms with van der Waals surface area (Å²) >= 11 is 0. The Hall–Kier alpha value is -2.73. The molecule has 1 aromatic carbocycles. The second kappa shape index (κ2) is 7.12. The highest BCUT2D eigenvalue weighted by Crippen LogP contribution is 2.33. The van der Waals surface area contributed by atoms with Crippen LogP contribution in [-0.4, -0.2) is 48.6 Å². The summed E-state index contributed by atoms with van der Waals surface area (Å²) in [4.78, 5) is 40.7. The van der Waals surface area contributed by atoms with Crippen molar-refractivity contribution in [2.75, 3.05) is 26.2 Å². The Morgan fingerprint density at radius 2 is 1.78 bits per heavy atom. The molecule has 1 amide bonds. The molecule has 2 heterocycles. The largest absolute Gasteiger partial charge is 0.456 e. The fourth-order valence-corrected chi connectivity index (χ4v) is 3.93. The minimum absolute atomic E-state index is 0.0292. The average molecular weight is 366 g/mol. The highest BCUT2D eigenvalue weighted by molar-refractivity contribution is 6.30. The summed E-state index contributed by atoms with van der Waals surface area (Å²) in [5, 5.41) is 2.87. The summed E-state index contributed by atoms with van der Waals surface area (Å²) in [5.41, 5.74) is 0.910. The number of benzene rings is 1. The van der Waals surface area contributed by atoms with Gasteiger partial charge in [0.15, 0.2) is 11.5 Å². The minimum atomic E-state index is -0.362. The van der Waals surface area contributed by atoms with Gasteiger partial charge in [0.1, 0.15) is 5.76 Å². The standard InChI is InChI=1S/C21H22N2O4/c1-13-16(21(26)22-9-6-12-23-10-4-5-11-23)17-18(24)14-7-2-3-8-15(14)19(25)20(17)27-13/h2-3,7-8H,4-6,9-12H2,1H3,(H,22,26). The van der Waals surface area contributed by atoms with Gasteiger partial charge in [-0.3, -0.25) is 14.4 Å². The van der Waals surface area contributed by atoms with Gasteiger partial charge in [0.05, 0.1) is 11.1 Å². The zero-order chi connectivity index (χ0) is 19.0. The Morgan fingerprint density at radius 1 is 1.11 bits per heavy atom. The van der Waals surface area contributed by atoms with Gasteiger partial charge in [-0.25, -0.2) is 0 Å². The van der Waals surface area contributed by atoms with E-state index in [1.54, 1.807) is 31.2 Å². The van der Waals surface area contributed by atoms with Crippen molar-refractivity contribution in [2.24, 2.45) is 0 Å². The van der Waals surface area contributed by atoms with Crippen molar-refractivity contribution in [3.8, 4) is 0 Å². The molecule has 0 spiro atoms. The number of likely N-dealkylation sites (tertiary alicyclic amines) is 1. The second-order valence-corrected chi connectivity index (χ2v) is 7.10. The van der Waals surface area contributed by atoms with E-state index in [1.165, 1.54) is 12.8 Å². The van der Waals surface area contributed by atoms with E-state index in [9.17, 15) is 14.4 Å². The van der Waals surface area contributed by atoms with Gasteiger partial charge < -0.3 is 14.6 Å². The molecular weight excluding hydrogens is 344 g/mol. The molecule has 2 aromatic rings. The predicted molar refractivity (Wildman–Crippen MR) is 99.4 cm³/mol. The van der Waals surface area contributed by atoms with Gasteiger partial charge in [0.2, 0.25) is 5.78 Å². The van der Waals surface area contributed by atoms with E-state index >= 15 is 0 Å². The highest BCUT2D eigenvalue weighted by atomic mass is 16.4. The molecule has 0 saturated carbocycles. The van der Waals surface area contributed by atoms with Crippen molar-refractivity contribution < 1.29 is 18.8 Å². The lowest BCUT2D eigenvalue weighted by atomic mass is 9.86. The van der Waals surface area contributed by atoms with E-state index < -0.39 is 0 Å². The number of amides is 1. The lowest BCUT2D eigenvalue weighted by molar-refractivity contribution is 0.0937. The third kappa shape index (κ3) is 3.10. The van der Waals surface area contributed by atoms with E-state index in [2.05, 4.69) is 10.2 Å². The summed E-state index contributed by atoms with van der Waals surface area (Å²) in [5.74, 6) is -0.778. The second-order valence-electron chi connectivity index (χ2n) is 7.10. The fraction of sp³-hybridized carbons (Fsp3) is 0.381. The van der Waals surface area contributed by atoms with Gasteiger partial charge >= 0.3 is 0 Å². The number of carbonyl (C=O) groups excluding carboxylic acids is 3. The third-order valence-electron chi connectivity index (χ3n) is 5.30. The fourth-order valence-electron chi connectivity index (χ4n) is 3.93. The summed E-state index contributed by atoms with van der Waals surface area (Å²) < 4.78 is 5.55. The van der Waals surface area contributed by atoms with Crippen molar-refractivity contribution >= 4 is 17.5 Å². The van der Waals surface area contributed by atoms with Crippen LogP contribution in [0.2, 0.25) is 0 Å². The Balaban J connectivity index is 1.52. The monoisotopic (exact) mass is 366 g/mol. The number of carbonyl (C=O) groups is 3. The zero-order valence-corrected chi connectivity index (χ0v) is 15.3. The number of fused-ring (bicyclic) bond motifs is 2. The maximum atomic E-state index is 12.9. The van der Waals surface area contributed by atoms with Crippen molar-refractivity contribution in [3.05, 3.63) is 58.0 Å². The third-order valence-corrected chi connectivity index (χ3v) is 5.30. The van der Waals surface area contributed by atoms with E-state index in [0.29, 0.717) is 23.4 Å². The first-order valence-corrected chi connectivity index (χ1v) is 9.40. The maximum Gasteiger partial charge on any atom is 0.255 e. The molecule has 6 heteroatoms.